The van der Waals surface area contributed by atoms with Crippen LogP contribution in [0.4, 0.5) is 4.39 Å². The topological polar surface area (TPSA) is 90.7 Å². The largest absolute Gasteiger partial charge is 0.479 e. The number of nitrogens with zero attached hydrogens (tertiary/aromatic N) is 2. The van der Waals surface area contributed by atoms with Crippen LogP contribution in [-0.2, 0) is 22.4 Å². The highest BCUT2D eigenvalue weighted by Crippen LogP contribution is 2.23. The van der Waals surface area contributed by atoms with E-state index in [4.69, 9.17) is 5.11 Å². The number of aliphatic hydroxyl groups is 1. The number of carboxylic acid groups (broad SMARTS) is 1. The summed E-state index contributed by atoms with van der Waals surface area (Å²) in [6, 6.07) is 6.22. The monoisotopic (exact) mass is 378 g/mol. The fraction of sp³-hybridized carbons (Fsp3) is 0.389. The molecule has 0 spiro atoms. The molecule has 3 rings (SSSR count). The minimum absolute atomic E-state index is 0.0287. The summed E-state index contributed by atoms with van der Waals surface area (Å²) in [4.78, 5) is 29.4. The highest BCUT2D eigenvalue weighted by molar-refractivity contribution is 7.09. The van der Waals surface area contributed by atoms with Crippen molar-refractivity contribution < 1.29 is 24.2 Å². The van der Waals surface area contributed by atoms with Crippen LogP contribution < -0.4 is 0 Å². The number of rotatable bonds is 5. The first-order valence-electron chi connectivity index (χ1n) is 8.27. The molecule has 0 bridgehead atoms. The third-order valence-corrected chi connectivity index (χ3v) is 5.44. The second kappa shape index (κ2) is 7.51. The van der Waals surface area contributed by atoms with Crippen LogP contribution in [-0.4, -0.2) is 50.7 Å². The van der Waals surface area contributed by atoms with Crippen molar-refractivity contribution in [3.05, 3.63) is 51.7 Å². The van der Waals surface area contributed by atoms with Crippen LogP contribution in [0.2, 0.25) is 0 Å². The Hall–Kier alpha value is -2.32. The molecule has 1 amide bonds. The third-order valence-electron chi connectivity index (χ3n) is 4.54. The highest BCUT2D eigenvalue weighted by Gasteiger charge is 2.40. The van der Waals surface area contributed by atoms with E-state index in [1.807, 2.05) is 5.38 Å². The number of hydrogen-bond acceptors (Lipinski definition) is 5. The Kier molecular flexibility index (Phi) is 5.33. The molecule has 1 aliphatic rings. The second-order valence-electron chi connectivity index (χ2n) is 6.43. The zero-order chi connectivity index (χ0) is 18.7. The first-order valence-corrected chi connectivity index (χ1v) is 9.15. The maximum absolute atomic E-state index is 12.9. The zero-order valence-electron chi connectivity index (χ0n) is 14.0. The summed E-state index contributed by atoms with van der Waals surface area (Å²) < 4.78 is 12.9. The fourth-order valence-electron chi connectivity index (χ4n) is 2.89. The van der Waals surface area contributed by atoms with Gasteiger partial charge >= 0.3 is 5.97 Å². The maximum Gasteiger partial charge on any atom is 0.335 e. The summed E-state index contributed by atoms with van der Waals surface area (Å²) >= 11 is 1.45. The van der Waals surface area contributed by atoms with Gasteiger partial charge in [-0.25, -0.2) is 14.2 Å². The molecule has 0 radical (unpaired) electrons. The number of carbonyl (C=O) groups is 2. The van der Waals surface area contributed by atoms with E-state index in [0.717, 1.165) is 10.6 Å². The van der Waals surface area contributed by atoms with E-state index < -0.39 is 11.6 Å². The lowest BCUT2D eigenvalue weighted by Gasteiger charge is -2.35. The van der Waals surface area contributed by atoms with Gasteiger partial charge in [0.1, 0.15) is 5.82 Å². The van der Waals surface area contributed by atoms with Gasteiger partial charge in [-0.2, -0.15) is 0 Å². The van der Waals surface area contributed by atoms with Gasteiger partial charge in [-0.1, -0.05) is 12.1 Å². The predicted molar refractivity (Wildman–Crippen MR) is 93.4 cm³/mol. The first-order chi connectivity index (χ1) is 12.4. The van der Waals surface area contributed by atoms with Crippen molar-refractivity contribution in [1.82, 2.24) is 9.88 Å². The SMILES string of the molecule is O=C(Cc1csc(Cc2ccc(F)cc2)n1)N1CCC(O)(C(=O)O)CC1. The Morgan fingerprint density at radius 2 is 1.88 bits per heavy atom. The number of amides is 1. The quantitative estimate of drug-likeness (QED) is 0.829. The fourth-order valence-corrected chi connectivity index (χ4v) is 3.72. The molecule has 8 heteroatoms. The predicted octanol–water partition coefficient (Wildman–Crippen LogP) is 1.85. The number of aliphatic carboxylic acids is 1. The molecular weight excluding hydrogens is 359 g/mol. The Morgan fingerprint density at radius 3 is 2.50 bits per heavy atom. The molecule has 1 aromatic carbocycles. The van der Waals surface area contributed by atoms with Gasteiger partial charge in [0.25, 0.3) is 0 Å². The van der Waals surface area contributed by atoms with Crippen LogP contribution in [0.1, 0.15) is 29.1 Å². The maximum atomic E-state index is 12.9. The number of hydrogen-bond donors (Lipinski definition) is 2. The Labute approximate surface area is 153 Å². The van der Waals surface area contributed by atoms with Gasteiger partial charge < -0.3 is 15.1 Å². The van der Waals surface area contributed by atoms with Crippen LogP contribution in [0.5, 0.6) is 0 Å². The number of carboxylic acids is 1. The first kappa shape index (κ1) is 18.5. The molecule has 2 heterocycles. The number of aromatic nitrogens is 1. The minimum atomic E-state index is -1.74. The van der Waals surface area contributed by atoms with Crippen molar-refractivity contribution >= 4 is 23.2 Å². The number of benzene rings is 1. The van der Waals surface area contributed by atoms with Gasteiger partial charge in [-0.15, -0.1) is 11.3 Å². The lowest BCUT2D eigenvalue weighted by atomic mass is 9.91. The highest BCUT2D eigenvalue weighted by atomic mass is 32.1. The summed E-state index contributed by atoms with van der Waals surface area (Å²) in [6.45, 7) is 0.433. The molecule has 1 aliphatic heterocycles. The smallest absolute Gasteiger partial charge is 0.335 e. The van der Waals surface area contributed by atoms with Crippen molar-refractivity contribution in [1.29, 1.82) is 0 Å². The second-order valence-corrected chi connectivity index (χ2v) is 7.37. The summed E-state index contributed by atoms with van der Waals surface area (Å²) in [6.07, 6.45) is 0.780. The molecule has 1 saturated heterocycles. The van der Waals surface area contributed by atoms with Crippen molar-refractivity contribution in [2.75, 3.05) is 13.1 Å². The number of halogens is 1. The van der Waals surface area contributed by atoms with Gasteiger partial charge in [0.15, 0.2) is 5.60 Å². The van der Waals surface area contributed by atoms with Crippen molar-refractivity contribution in [3.8, 4) is 0 Å². The number of likely N-dealkylation sites (tertiary alicyclic amines) is 1. The molecule has 138 valence electrons. The average Bonchev–Trinajstić information content (AvgIpc) is 3.04. The lowest BCUT2D eigenvalue weighted by Crippen LogP contribution is -2.51. The van der Waals surface area contributed by atoms with Crippen molar-refractivity contribution in [2.24, 2.45) is 0 Å². The molecule has 1 fully saturated rings. The van der Waals surface area contributed by atoms with E-state index >= 15 is 0 Å². The van der Waals surface area contributed by atoms with Gasteiger partial charge in [-0.3, -0.25) is 4.79 Å². The molecule has 2 N–H and O–H groups in total. The summed E-state index contributed by atoms with van der Waals surface area (Å²) in [7, 11) is 0. The molecule has 2 aromatic rings. The Bertz CT molecular complexity index is 798. The summed E-state index contributed by atoms with van der Waals surface area (Å²) in [5, 5.41) is 21.6. The minimum Gasteiger partial charge on any atom is -0.479 e. The number of carbonyl (C=O) groups excluding carboxylic acids is 1. The van der Waals surface area contributed by atoms with E-state index in [1.54, 1.807) is 17.0 Å². The van der Waals surface area contributed by atoms with Crippen LogP contribution in [0.15, 0.2) is 29.6 Å². The van der Waals surface area contributed by atoms with E-state index in [-0.39, 0.29) is 44.1 Å². The van der Waals surface area contributed by atoms with Gasteiger partial charge in [0.2, 0.25) is 5.91 Å². The molecule has 0 atom stereocenters. The van der Waals surface area contributed by atoms with E-state index in [2.05, 4.69) is 4.98 Å². The van der Waals surface area contributed by atoms with E-state index in [1.165, 1.54) is 23.5 Å². The molecule has 0 aliphatic carbocycles. The molecule has 0 saturated carbocycles. The number of thiazole rings is 1. The van der Waals surface area contributed by atoms with E-state index in [0.29, 0.717) is 12.1 Å². The average molecular weight is 378 g/mol. The molecule has 6 nitrogen and oxygen atoms in total. The molecule has 26 heavy (non-hydrogen) atoms. The molecule has 0 unspecified atom stereocenters. The molecule has 1 aromatic heterocycles. The standard InChI is InChI=1S/C18H19FN2O4S/c19-13-3-1-12(2-4-13)9-15-20-14(11-26-15)10-16(22)21-7-5-18(25,6-8-21)17(23)24/h1-4,11,25H,5-10H2,(H,23,24). The molecular formula is C18H19FN2O4S. The van der Waals surface area contributed by atoms with Crippen molar-refractivity contribution in [3.63, 3.8) is 0 Å². The van der Waals surface area contributed by atoms with Crippen molar-refractivity contribution in [2.45, 2.75) is 31.3 Å². The number of piperidine rings is 1. The van der Waals surface area contributed by atoms with Gasteiger partial charge in [-0.05, 0) is 17.7 Å². The summed E-state index contributed by atoms with van der Waals surface area (Å²) in [5.74, 6) is -1.65. The van der Waals surface area contributed by atoms with Crippen LogP contribution in [0.3, 0.4) is 0 Å². The Morgan fingerprint density at radius 1 is 1.23 bits per heavy atom. The summed E-state index contributed by atoms with van der Waals surface area (Å²) in [5.41, 5.74) is -0.126. The normalized spacial score (nSPS) is 16.5. The zero-order valence-corrected chi connectivity index (χ0v) is 14.8. The Balaban J connectivity index is 1.55. The van der Waals surface area contributed by atoms with Crippen LogP contribution >= 0.6 is 11.3 Å². The third kappa shape index (κ3) is 4.25. The van der Waals surface area contributed by atoms with Crippen LogP contribution in [0.25, 0.3) is 0 Å². The lowest BCUT2D eigenvalue weighted by molar-refractivity contribution is -0.165. The van der Waals surface area contributed by atoms with Crippen LogP contribution in [0, 0.1) is 5.82 Å². The van der Waals surface area contributed by atoms with Gasteiger partial charge in [0.05, 0.1) is 17.1 Å². The van der Waals surface area contributed by atoms with Gasteiger partial charge in [0, 0.05) is 37.7 Å². The van der Waals surface area contributed by atoms with E-state index in [9.17, 15) is 19.1 Å².